The lowest BCUT2D eigenvalue weighted by molar-refractivity contribution is -0.123. The van der Waals surface area contributed by atoms with E-state index in [2.05, 4.69) is 5.32 Å². The molecule has 0 saturated carbocycles. The van der Waals surface area contributed by atoms with E-state index in [-0.39, 0.29) is 11.9 Å². The minimum atomic E-state index is -0.927. The summed E-state index contributed by atoms with van der Waals surface area (Å²) < 4.78 is 10.8. The van der Waals surface area contributed by atoms with Crippen molar-refractivity contribution >= 4 is 16.7 Å². The molecule has 0 aromatic heterocycles. The maximum Gasteiger partial charge on any atom is 0.237 e. The lowest BCUT2D eigenvalue weighted by atomic mass is 10.1. The van der Waals surface area contributed by atoms with Crippen LogP contribution in [-0.4, -0.2) is 28.2 Å². The third-order valence-electron chi connectivity index (χ3n) is 1.75. The van der Waals surface area contributed by atoms with E-state index >= 15 is 0 Å². The summed E-state index contributed by atoms with van der Waals surface area (Å²) in [4.78, 5) is 11.4. The Bertz CT molecular complexity index is 260. The molecule has 14 heavy (non-hydrogen) atoms. The van der Waals surface area contributed by atoms with E-state index in [1.165, 1.54) is 0 Å². The molecule has 1 N–H and O–H groups in total. The van der Waals surface area contributed by atoms with Gasteiger partial charge in [0.25, 0.3) is 0 Å². The van der Waals surface area contributed by atoms with Crippen molar-refractivity contribution in [2.24, 2.45) is 5.92 Å². The van der Waals surface area contributed by atoms with Crippen LogP contribution in [0.15, 0.2) is 0 Å². The number of hydrogen-bond acceptors (Lipinski definition) is 3. The molecule has 0 radical (unpaired) electrons. The summed E-state index contributed by atoms with van der Waals surface area (Å²) in [5.74, 6) is -0.441. The molecule has 0 spiro atoms. The number of nitrogens with one attached hydrogen (secondary N) is 1. The Hall–Kier alpha value is -0.890. The SMILES string of the molecule is CCC(C#N)C(=O)NC(C)CS(C)=O. The van der Waals surface area contributed by atoms with Crippen LogP contribution >= 0.6 is 0 Å². The summed E-state index contributed by atoms with van der Waals surface area (Å²) in [6.07, 6.45) is 2.09. The first kappa shape index (κ1) is 13.1. The molecule has 1 amide bonds. The van der Waals surface area contributed by atoms with Crippen molar-refractivity contribution in [2.45, 2.75) is 26.3 Å². The highest BCUT2D eigenvalue weighted by molar-refractivity contribution is 7.84. The van der Waals surface area contributed by atoms with Crippen LogP contribution in [-0.2, 0) is 15.6 Å². The van der Waals surface area contributed by atoms with Gasteiger partial charge in [-0.3, -0.25) is 9.00 Å². The highest BCUT2D eigenvalue weighted by Gasteiger charge is 2.17. The van der Waals surface area contributed by atoms with Crippen molar-refractivity contribution in [1.82, 2.24) is 5.32 Å². The van der Waals surface area contributed by atoms with E-state index < -0.39 is 16.7 Å². The van der Waals surface area contributed by atoms with Gasteiger partial charge < -0.3 is 5.32 Å². The third-order valence-corrected chi connectivity index (χ3v) is 2.72. The average molecular weight is 216 g/mol. The fourth-order valence-electron chi connectivity index (χ4n) is 1.07. The van der Waals surface area contributed by atoms with Gasteiger partial charge in [-0.2, -0.15) is 5.26 Å². The lowest BCUT2D eigenvalue weighted by Gasteiger charge is -2.14. The standard InChI is InChI=1S/C9H16N2O2S/c1-4-8(5-10)9(12)11-7(2)6-14(3)13/h7-8H,4,6H2,1-3H3,(H,11,12). The highest BCUT2D eigenvalue weighted by atomic mass is 32.2. The van der Waals surface area contributed by atoms with E-state index in [9.17, 15) is 9.00 Å². The maximum atomic E-state index is 11.4. The molecule has 3 unspecified atom stereocenters. The smallest absolute Gasteiger partial charge is 0.237 e. The topological polar surface area (TPSA) is 70.0 Å². The van der Waals surface area contributed by atoms with Crippen LogP contribution in [0.25, 0.3) is 0 Å². The van der Waals surface area contributed by atoms with E-state index in [0.717, 1.165) is 0 Å². The van der Waals surface area contributed by atoms with E-state index in [1.54, 1.807) is 20.1 Å². The van der Waals surface area contributed by atoms with Crippen molar-refractivity contribution in [3.8, 4) is 6.07 Å². The Labute approximate surface area is 87.1 Å². The summed E-state index contributed by atoms with van der Waals surface area (Å²) in [6, 6.07) is 1.78. The summed E-state index contributed by atoms with van der Waals surface area (Å²) in [6.45, 7) is 3.57. The molecule has 0 aliphatic heterocycles. The minimum Gasteiger partial charge on any atom is -0.352 e. The van der Waals surface area contributed by atoms with Gasteiger partial charge in [-0.1, -0.05) is 6.92 Å². The maximum absolute atomic E-state index is 11.4. The first-order valence-electron chi connectivity index (χ1n) is 4.51. The van der Waals surface area contributed by atoms with Crippen molar-refractivity contribution in [2.75, 3.05) is 12.0 Å². The van der Waals surface area contributed by atoms with Gasteiger partial charge in [0.2, 0.25) is 5.91 Å². The Morgan fingerprint density at radius 2 is 2.21 bits per heavy atom. The van der Waals surface area contributed by atoms with Crippen LogP contribution in [0.2, 0.25) is 0 Å². The number of rotatable bonds is 5. The van der Waals surface area contributed by atoms with Crippen molar-refractivity contribution in [3.63, 3.8) is 0 Å². The second-order valence-electron chi connectivity index (χ2n) is 3.24. The van der Waals surface area contributed by atoms with Gasteiger partial charge in [-0.25, -0.2) is 0 Å². The van der Waals surface area contributed by atoms with Gasteiger partial charge >= 0.3 is 0 Å². The fourth-order valence-corrected chi connectivity index (χ4v) is 1.86. The van der Waals surface area contributed by atoms with Gasteiger partial charge in [0.1, 0.15) is 5.92 Å². The molecule has 5 heteroatoms. The molecular formula is C9H16N2O2S. The fraction of sp³-hybridized carbons (Fsp3) is 0.778. The van der Waals surface area contributed by atoms with Crippen LogP contribution in [0.5, 0.6) is 0 Å². The molecule has 0 aliphatic rings. The van der Waals surface area contributed by atoms with Crippen LogP contribution in [0.3, 0.4) is 0 Å². The number of nitriles is 1. The zero-order valence-corrected chi connectivity index (χ0v) is 9.56. The zero-order valence-electron chi connectivity index (χ0n) is 8.74. The molecule has 0 aromatic carbocycles. The quantitative estimate of drug-likeness (QED) is 0.724. The number of carbonyl (C=O) groups excluding carboxylic acids is 1. The normalized spacial score (nSPS) is 16.4. The third kappa shape index (κ3) is 4.97. The Morgan fingerprint density at radius 3 is 2.57 bits per heavy atom. The molecule has 0 saturated heterocycles. The molecule has 0 aromatic rings. The lowest BCUT2D eigenvalue weighted by Crippen LogP contribution is -2.39. The molecule has 80 valence electrons. The molecule has 4 nitrogen and oxygen atoms in total. The van der Waals surface area contributed by atoms with Gasteiger partial charge in [0.05, 0.1) is 6.07 Å². The Morgan fingerprint density at radius 1 is 1.64 bits per heavy atom. The average Bonchev–Trinajstić information content (AvgIpc) is 2.04. The molecule has 0 aliphatic carbocycles. The predicted octanol–water partition coefficient (Wildman–Crippen LogP) is 0.419. The van der Waals surface area contributed by atoms with E-state index in [1.807, 2.05) is 6.07 Å². The highest BCUT2D eigenvalue weighted by Crippen LogP contribution is 2.00. The van der Waals surface area contributed by atoms with Crippen molar-refractivity contribution in [3.05, 3.63) is 0 Å². The predicted molar refractivity (Wildman–Crippen MR) is 55.9 cm³/mol. The molecule has 0 heterocycles. The minimum absolute atomic E-state index is 0.143. The molecule has 0 rings (SSSR count). The summed E-state index contributed by atoms with van der Waals surface area (Å²) in [7, 11) is -0.927. The van der Waals surface area contributed by atoms with Crippen LogP contribution in [0.4, 0.5) is 0 Å². The van der Waals surface area contributed by atoms with E-state index in [0.29, 0.717) is 12.2 Å². The van der Waals surface area contributed by atoms with Gasteiger partial charge in [-0.15, -0.1) is 0 Å². The summed E-state index contributed by atoms with van der Waals surface area (Å²) >= 11 is 0. The van der Waals surface area contributed by atoms with Crippen LogP contribution < -0.4 is 5.32 Å². The monoisotopic (exact) mass is 216 g/mol. The molecule has 0 fully saturated rings. The largest absolute Gasteiger partial charge is 0.352 e. The van der Waals surface area contributed by atoms with Gasteiger partial charge in [-0.05, 0) is 13.3 Å². The first-order valence-corrected chi connectivity index (χ1v) is 6.24. The first-order chi connectivity index (χ1) is 6.51. The van der Waals surface area contributed by atoms with Gasteiger partial charge in [0, 0.05) is 28.9 Å². The van der Waals surface area contributed by atoms with Crippen molar-refractivity contribution in [1.29, 1.82) is 5.26 Å². The second kappa shape index (κ2) is 6.55. The van der Waals surface area contributed by atoms with Crippen LogP contribution in [0.1, 0.15) is 20.3 Å². The molecule has 0 bridgehead atoms. The Balaban J connectivity index is 4.05. The number of carbonyl (C=O) groups is 1. The van der Waals surface area contributed by atoms with E-state index in [4.69, 9.17) is 5.26 Å². The second-order valence-corrected chi connectivity index (χ2v) is 4.72. The summed E-state index contributed by atoms with van der Waals surface area (Å²) in [5.41, 5.74) is 0. The van der Waals surface area contributed by atoms with Gasteiger partial charge in [0.15, 0.2) is 0 Å². The summed E-state index contributed by atoms with van der Waals surface area (Å²) in [5, 5.41) is 11.3. The molecule has 3 atom stereocenters. The number of nitrogens with zero attached hydrogens (tertiary/aromatic N) is 1. The number of amides is 1. The Kier molecular flexibility index (Phi) is 6.13. The van der Waals surface area contributed by atoms with Crippen molar-refractivity contribution < 1.29 is 9.00 Å². The zero-order chi connectivity index (χ0) is 11.1. The molecular weight excluding hydrogens is 200 g/mol. The van der Waals surface area contributed by atoms with Crippen LogP contribution in [0, 0.1) is 17.2 Å². The number of hydrogen-bond donors (Lipinski definition) is 1.